The van der Waals surface area contributed by atoms with Gasteiger partial charge in [0.15, 0.2) is 0 Å². The number of thiol groups is 1. The number of rotatable bonds is 8. The molecule has 0 heterocycles. The van der Waals surface area contributed by atoms with E-state index in [1.807, 2.05) is 7.05 Å². The second-order valence-electron chi connectivity index (χ2n) is 6.73. The van der Waals surface area contributed by atoms with Crippen molar-refractivity contribution >= 4 is 26.6 Å². The molecule has 0 saturated heterocycles. The summed E-state index contributed by atoms with van der Waals surface area (Å²) in [6, 6.07) is 0. The highest BCUT2D eigenvalue weighted by atomic mass is 32.1. The Labute approximate surface area is 157 Å². The van der Waals surface area contributed by atoms with Crippen LogP contribution in [0.5, 0.6) is 0 Å². The van der Waals surface area contributed by atoms with Crippen LogP contribution in [0.15, 0.2) is 41.8 Å². The number of hydrogen-bond acceptors (Lipinski definition) is 4. The quantitative estimate of drug-likeness (QED) is 0.265. The van der Waals surface area contributed by atoms with E-state index in [0.717, 1.165) is 6.42 Å². The highest BCUT2D eigenvalue weighted by molar-refractivity contribution is 7.82. The third-order valence-corrected chi connectivity index (χ3v) is 4.03. The third kappa shape index (κ3) is 10.1. The Bertz CT molecular complexity index is 457. The first-order valence-corrected chi connectivity index (χ1v) is 8.96. The van der Waals surface area contributed by atoms with Crippen molar-refractivity contribution in [2.45, 2.75) is 59.4 Å². The van der Waals surface area contributed by atoms with Gasteiger partial charge in [0.1, 0.15) is 0 Å². The van der Waals surface area contributed by atoms with Gasteiger partial charge >= 0.3 is 6.98 Å². The van der Waals surface area contributed by atoms with Crippen molar-refractivity contribution in [1.82, 2.24) is 15.2 Å². The van der Waals surface area contributed by atoms with Crippen LogP contribution in [0.4, 0.5) is 0 Å². The predicted molar refractivity (Wildman–Crippen MR) is 118 cm³/mol. The van der Waals surface area contributed by atoms with Crippen molar-refractivity contribution in [2.24, 2.45) is 0 Å². The minimum Gasteiger partial charge on any atom is -0.418 e. The van der Waals surface area contributed by atoms with Crippen LogP contribution in [0.25, 0.3) is 0 Å². The number of allylic oxidation sites excluding steroid dienone is 3. The van der Waals surface area contributed by atoms with Crippen molar-refractivity contribution in [3.8, 4) is 0 Å². The summed E-state index contributed by atoms with van der Waals surface area (Å²) >= 11 is 4.78. The van der Waals surface area contributed by atoms with Gasteiger partial charge in [0.05, 0.1) is 0 Å². The molecule has 24 heavy (non-hydrogen) atoms. The van der Waals surface area contributed by atoms with E-state index in [4.69, 9.17) is 12.6 Å². The van der Waals surface area contributed by atoms with E-state index in [1.54, 1.807) is 0 Å². The zero-order chi connectivity index (χ0) is 19.5. The Kier molecular flexibility index (Phi) is 13.3. The molecule has 0 atom stereocenters. The molecular formula is C18H37B2N3S. The van der Waals surface area contributed by atoms with Crippen LogP contribution in [-0.4, -0.2) is 37.5 Å². The summed E-state index contributed by atoms with van der Waals surface area (Å²) in [4.78, 5) is 0. The van der Waals surface area contributed by atoms with E-state index in [-0.39, 0.29) is 11.7 Å². The molecule has 0 bridgehead atoms. The van der Waals surface area contributed by atoms with Gasteiger partial charge in [-0.25, -0.2) is 0 Å². The van der Waals surface area contributed by atoms with Crippen LogP contribution in [0, 0.1) is 0 Å². The molecule has 136 valence electrons. The molecule has 0 aromatic heterocycles. The van der Waals surface area contributed by atoms with Gasteiger partial charge in [0.2, 0.25) is 0 Å². The van der Waals surface area contributed by atoms with E-state index in [0.29, 0.717) is 6.98 Å². The molecule has 3 nitrogen and oxygen atoms in total. The SMILES string of the molecule is C=C=C.CC/C(NB(C)N(C)B(C)NC)=C(\C=C(C)C)C(C)(C)S. The van der Waals surface area contributed by atoms with Crippen LogP contribution >= 0.6 is 12.6 Å². The van der Waals surface area contributed by atoms with Crippen molar-refractivity contribution in [3.63, 3.8) is 0 Å². The van der Waals surface area contributed by atoms with Crippen molar-refractivity contribution < 1.29 is 0 Å². The normalized spacial score (nSPS) is 11.6. The van der Waals surface area contributed by atoms with Crippen LogP contribution in [0.3, 0.4) is 0 Å². The zero-order valence-electron chi connectivity index (χ0n) is 17.2. The first-order chi connectivity index (χ1) is 11.0. The third-order valence-electron chi connectivity index (χ3n) is 3.79. The Hall–Kier alpha value is -0.800. The largest absolute Gasteiger partial charge is 0.418 e. The number of nitrogens with one attached hydrogen (secondary N) is 2. The maximum absolute atomic E-state index is 4.78. The molecule has 0 radical (unpaired) electrons. The van der Waals surface area contributed by atoms with E-state index in [9.17, 15) is 0 Å². The van der Waals surface area contributed by atoms with Gasteiger partial charge in [-0.1, -0.05) is 45.4 Å². The second-order valence-corrected chi connectivity index (χ2v) is 7.84. The molecule has 0 fully saturated rings. The van der Waals surface area contributed by atoms with Crippen molar-refractivity contribution in [3.05, 3.63) is 41.8 Å². The summed E-state index contributed by atoms with van der Waals surface area (Å²) in [6.07, 6.45) is 3.21. The van der Waals surface area contributed by atoms with Gasteiger partial charge in [-0.2, -0.15) is 12.6 Å². The Balaban J connectivity index is 0. The summed E-state index contributed by atoms with van der Waals surface area (Å²) in [5, 5.41) is 6.94. The lowest BCUT2D eigenvalue weighted by atomic mass is 9.63. The maximum atomic E-state index is 4.78. The van der Waals surface area contributed by atoms with E-state index in [2.05, 4.69) is 95.5 Å². The van der Waals surface area contributed by atoms with Gasteiger partial charge in [-0.05, 0) is 53.8 Å². The van der Waals surface area contributed by atoms with Crippen LogP contribution < -0.4 is 10.5 Å². The van der Waals surface area contributed by atoms with E-state index >= 15 is 0 Å². The van der Waals surface area contributed by atoms with Crippen LogP contribution in [0.2, 0.25) is 13.6 Å². The molecule has 0 amide bonds. The molecule has 6 heteroatoms. The molecule has 0 aliphatic carbocycles. The maximum Gasteiger partial charge on any atom is 0.326 e. The van der Waals surface area contributed by atoms with Crippen molar-refractivity contribution in [2.75, 3.05) is 14.1 Å². The summed E-state index contributed by atoms with van der Waals surface area (Å²) in [5.41, 5.74) is 6.08. The molecule has 0 aliphatic heterocycles. The molecule has 0 saturated carbocycles. The Morgan fingerprint density at radius 1 is 1.25 bits per heavy atom. The molecule has 0 rings (SSSR count). The summed E-state index contributed by atoms with van der Waals surface area (Å²) in [6.45, 7) is 21.9. The molecule has 2 N–H and O–H groups in total. The lowest BCUT2D eigenvalue weighted by Crippen LogP contribution is -2.56. The lowest BCUT2D eigenvalue weighted by molar-refractivity contribution is 0.737. The highest BCUT2D eigenvalue weighted by Crippen LogP contribution is 2.28. The molecule has 0 unspecified atom stereocenters. The molecule has 0 spiro atoms. The fourth-order valence-electron chi connectivity index (χ4n) is 2.18. The monoisotopic (exact) mass is 349 g/mol. The van der Waals surface area contributed by atoms with Gasteiger partial charge < -0.3 is 15.2 Å². The fraction of sp³-hybridized carbons (Fsp3) is 0.611. The van der Waals surface area contributed by atoms with Gasteiger partial charge in [-0.15, -0.1) is 5.73 Å². The molecule has 0 aromatic rings. The highest BCUT2D eigenvalue weighted by Gasteiger charge is 2.25. The Morgan fingerprint density at radius 2 is 1.71 bits per heavy atom. The molecule has 0 aromatic carbocycles. The van der Waals surface area contributed by atoms with Gasteiger partial charge in [-0.3, -0.25) is 0 Å². The zero-order valence-corrected chi connectivity index (χ0v) is 18.1. The average Bonchev–Trinajstić information content (AvgIpc) is 2.48. The van der Waals surface area contributed by atoms with E-state index < -0.39 is 0 Å². The lowest BCUT2D eigenvalue weighted by Gasteiger charge is -2.31. The minimum atomic E-state index is -0.164. The first-order valence-electron chi connectivity index (χ1n) is 8.51. The number of nitrogens with zero attached hydrogens (tertiary/aromatic N) is 1. The smallest absolute Gasteiger partial charge is 0.326 e. The van der Waals surface area contributed by atoms with E-state index in [1.165, 1.54) is 16.8 Å². The summed E-state index contributed by atoms with van der Waals surface area (Å²) < 4.78 is 2.11. The molecular weight excluding hydrogens is 312 g/mol. The Morgan fingerprint density at radius 3 is 2.00 bits per heavy atom. The number of hydrogen-bond donors (Lipinski definition) is 3. The standard InChI is InChI=1S/C15H33B2N3S.C3H4/c1-10-14(13(11-12(2)3)15(4,5)21)19-17(7)20(9)16(6)18-8;1-3-2/h11,18-19,21H,10H2,1-9H3;1-2H2/b14-13-;. The van der Waals surface area contributed by atoms with Crippen LogP contribution in [0.1, 0.15) is 41.0 Å². The summed E-state index contributed by atoms with van der Waals surface area (Å²) in [5.74, 6) is 0. The average molecular weight is 349 g/mol. The van der Waals surface area contributed by atoms with Crippen LogP contribution in [-0.2, 0) is 0 Å². The first kappa shape index (κ1) is 25.4. The topological polar surface area (TPSA) is 27.3 Å². The second kappa shape index (κ2) is 12.5. The predicted octanol–water partition coefficient (Wildman–Crippen LogP) is 4.26. The van der Waals surface area contributed by atoms with Gasteiger partial charge in [0, 0.05) is 10.4 Å². The van der Waals surface area contributed by atoms with Gasteiger partial charge in [0.25, 0.3) is 6.98 Å². The van der Waals surface area contributed by atoms with Crippen molar-refractivity contribution in [1.29, 1.82) is 0 Å². The fourth-order valence-corrected chi connectivity index (χ4v) is 2.38. The molecule has 0 aliphatic rings. The minimum absolute atomic E-state index is 0.164. The summed E-state index contributed by atoms with van der Waals surface area (Å²) in [7, 11) is 4.11.